The van der Waals surface area contributed by atoms with E-state index in [0.29, 0.717) is 23.5 Å². The van der Waals surface area contributed by atoms with Crippen LogP contribution in [0, 0.1) is 0 Å². The van der Waals surface area contributed by atoms with Crippen molar-refractivity contribution >= 4 is 21.9 Å². The molecule has 0 unspecified atom stereocenters. The molecule has 0 radical (unpaired) electrons. The van der Waals surface area contributed by atoms with Gasteiger partial charge in [-0.3, -0.25) is 0 Å². The van der Waals surface area contributed by atoms with E-state index in [0.717, 1.165) is 6.08 Å². The molecule has 0 saturated carbocycles. The number of methoxy groups -OCH3 is 1. The third kappa shape index (κ3) is 6.80. The molecule has 116 valence electrons. The summed E-state index contributed by atoms with van der Waals surface area (Å²) in [6, 6.07) is 4.98. The molecule has 1 aromatic rings. The van der Waals surface area contributed by atoms with Crippen LogP contribution in [0.4, 0.5) is 0 Å². The first kappa shape index (κ1) is 17.0. The number of hydrogen-bond donors (Lipinski definition) is 1. The standard InChI is InChI=1S/C14H18O6S/c1-19-12-5-6-13(11(10-12)4-7-14(15)16)20-8-3-9-21(2,17)18/h4-7,10H,3,8-9H2,1-2H3,(H,15,16). The SMILES string of the molecule is COc1ccc(OCCCS(C)(=O)=O)c(C=CC(=O)O)c1. The Bertz CT molecular complexity index is 618. The maximum atomic E-state index is 11.0. The van der Waals surface area contributed by atoms with Crippen molar-refractivity contribution in [1.29, 1.82) is 0 Å². The third-order valence-electron chi connectivity index (χ3n) is 2.54. The summed E-state index contributed by atoms with van der Waals surface area (Å²) >= 11 is 0. The first-order chi connectivity index (χ1) is 9.81. The van der Waals surface area contributed by atoms with E-state index >= 15 is 0 Å². The molecule has 0 saturated heterocycles. The van der Waals surface area contributed by atoms with E-state index in [9.17, 15) is 13.2 Å². The summed E-state index contributed by atoms with van der Waals surface area (Å²) in [6.45, 7) is 0.229. The van der Waals surface area contributed by atoms with Crippen LogP contribution in [0.2, 0.25) is 0 Å². The number of carbonyl (C=O) groups is 1. The predicted molar refractivity (Wildman–Crippen MR) is 79.5 cm³/mol. The Morgan fingerprint density at radius 3 is 2.67 bits per heavy atom. The molecule has 1 rings (SSSR count). The van der Waals surface area contributed by atoms with Crippen LogP contribution in [0.15, 0.2) is 24.3 Å². The van der Waals surface area contributed by atoms with Gasteiger partial charge in [-0.05, 0) is 30.7 Å². The number of benzene rings is 1. The molecule has 0 spiro atoms. The van der Waals surface area contributed by atoms with Crippen molar-refractivity contribution < 1.29 is 27.8 Å². The topological polar surface area (TPSA) is 89.9 Å². The number of ether oxygens (including phenoxy) is 2. The average Bonchev–Trinajstić information content (AvgIpc) is 2.40. The Kier molecular flexibility index (Phi) is 6.23. The Morgan fingerprint density at radius 2 is 2.10 bits per heavy atom. The summed E-state index contributed by atoms with van der Waals surface area (Å²) in [5.41, 5.74) is 0.552. The van der Waals surface area contributed by atoms with Gasteiger partial charge in [0.15, 0.2) is 0 Å². The van der Waals surface area contributed by atoms with Crippen molar-refractivity contribution in [3.63, 3.8) is 0 Å². The molecule has 0 heterocycles. The van der Waals surface area contributed by atoms with Gasteiger partial charge >= 0.3 is 5.97 Å². The lowest BCUT2D eigenvalue weighted by Crippen LogP contribution is -2.08. The lowest BCUT2D eigenvalue weighted by Gasteiger charge is -2.10. The number of hydrogen-bond acceptors (Lipinski definition) is 5. The summed E-state index contributed by atoms with van der Waals surface area (Å²) in [6.07, 6.45) is 3.93. The van der Waals surface area contributed by atoms with Gasteiger partial charge in [0.2, 0.25) is 0 Å². The van der Waals surface area contributed by atoms with Gasteiger partial charge in [-0.2, -0.15) is 0 Å². The highest BCUT2D eigenvalue weighted by Gasteiger charge is 2.06. The molecular formula is C14H18O6S. The second kappa shape index (κ2) is 7.68. The summed E-state index contributed by atoms with van der Waals surface area (Å²) < 4.78 is 32.6. The highest BCUT2D eigenvalue weighted by molar-refractivity contribution is 7.90. The zero-order valence-corrected chi connectivity index (χ0v) is 12.7. The molecule has 0 fully saturated rings. The quantitative estimate of drug-likeness (QED) is 0.579. The van der Waals surface area contributed by atoms with Crippen molar-refractivity contribution in [3.05, 3.63) is 29.8 Å². The van der Waals surface area contributed by atoms with Crippen LogP contribution >= 0.6 is 0 Å². The smallest absolute Gasteiger partial charge is 0.328 e. The minimum Gasteiger partial charge on any atom is -0.497 e. The molecule has 0 bridgehead atoms. The zero-order valence-electron chi connectivity index (χ0n) is 11.9. The van der Waals surface area contributed by atoms with Crippen LogP contribution in [0.3, 0.4) is 0 Å². The van der Waals surface area contributed by atoms with Crippen LogP contribution < -0.4 is 9.47 Å². The molecule has 7 heteroatoms. The van der Waals surface area contributed by atoms with E-state index in [1.54, 1.807) is 18.2 Å². The molecule has 6 nitrogen and oxygen atoms in total. The van der Waals surface area contributed by atoms with Crippen LogP contribution in [0.1, 0.15) is 12.0 Å². The number of carboxylic acids is 1. The van der Waals surface area contributed by atoms with Crippen LogP contribution in [-0.2, 0) is 14.6 Å². The van der Waals surface area contributed by atoms with Gasteiger partial charge in [0.05, 0.1) is 19.5 Å². The van der Waals surface area contributed by atoms with Gasteiger partial charge in [0, 0.05) is 17.9 Å². The molecule has 1 aromatic carbocycles. The van der Waals surface area contributed by atoms with E-state index in [1.807, 2.05) is 0 Å². The Morgan fingerprint density at radius 1 is 1.38 bits per heavy atom. The van der Waals surface area contributed by atoms with E-state index in [1.165, 1.54) is 19.4 Å². The zero-order chi connectivity index (χ0) is 15.9. The number of sulfone groups is 1. The number of aliphatic carboxylic acids is 1. The summed E-state index contributed by atoms with van der Waals surface area (Å²) in [5, 5.41) is 8.67. The van der Waals surface area contributed by atoms with Crippen molar-refractivity contribution in [3.8, 4) is 11.5 Å². The van der Waals surface area contributed by atoms with Crippen LogP contribution in [-0.4, -0.2) is 45.2 Å². The Labute approximate surface area is 123 Å². The van der Waals surface area contributed by atoms with Gasteiger partial charge in [0.25, 0.3) is 0 Å². The van der Waals surface area contributed by atoms with Gasteiger partial charge in [0.1, 0.15) is 21.3 Å². The minimum atomic E-state index is -3.01. The van der Waals surface area contributed by atoms with Crippen molar-refractivity contribution in [2.24, 2.45) is 0 Å². The second-order valence-electron chi connectivity index (χ2n) is 4.41. The highest BCUT2D eigenvalue weighted by atomic mass is 32.2. The fraction of sp³-hybridized carbons (Fsp3) is 0.357. The van der Waals surface area contributed by atoms with E-state index in [4.69, 9.17) is 14.6 Å². The Balaban J connectivity index is 2.78. The summed E-state index contributed by atoms with van der Waals surface area (Å²) in [5.74, 6) is 0.0230. The first-order valence-electron chi connectivity index (χ1n) is 6.21. The van der Waals surface area contributed by atoms with E-state index < -0.39 is 15.8 Å². The van der Waals surface area contributed by atoms with Crippen molar-refractivity contribution in [2.75, 3.05) is 25.7 Å². The molecule has 1 N–H and O–H groups in total. The first-order valence-corrected chi connectivity index (χ1v) is 8.27. The molecule has 0 atom stereocenters. The van der Waals surface area contributed by atoms with E-state index in [2.05, 4.69) is 0 Å². The highest BCUT2D eigenvalue weighted by Crippen LogP contribution is 2.25. The van der Waals surface area contributed by atoms with Crippen LogP contribution in [0.25, 0.3) is 6.08 Å². The minimum absolute atomic E-state index is 0.0451. The lowest BCUT2D eigenvalue weighted by molar-refractivity contribution is -0.131. The molecule has 0 aromatic heterocycles. The lowest BCUT2D eigenvalue weighted by atomic mass is 10.1. The van der Waals surface area contributed by atoms with Crippen molar-refractivity contribution in [1.82, 2.24) is 0 Å². The fourth-order valence-corrected chi connectivity index (χ4v) is 2.22. The predicted octanol–water partition coefficient (Wildman–Crippen LogP) is 1.61. The fourth-order valence-electron chi connectivity index (χ4n) is 1.58. The summed E-state index contributed by atoms with van der Waals surface area (Å²) in [7, 11) is -1.51. The molecular weight excluding hydrogens is 296 g/mol. The summed E-state index contributed by atoms with van der Waals surface area (Å²) in [4.78, 5) is 10.6. The van der Waals surface area contributed by atoms with Gasteiger partial charge < -0.3 is 14.6 Å². The van der Waals surface area contributed by atoms with Gasteiger partial charge in [-0.1, -0.05) is 0 Å². The molecule has 0 aliphatic carbocycles. The maximum Gasteiger partial charge on any atom is 0.328 e. The van der Waals surface area contributed by atoms with Gasteiger partial charge in [-0.25, -0.2) is 13.2 Å². The number of carboxylic acid groups (broad SMARTS) is 1. The molecule has 0 aliphatic heterocycles. The largest absolute Gasteiger partial charge is 0.497 e. The third-order valence-corrected chi connectivity index (χ3v) is 3.57. The maximum absolute atomic E-state index is 11.0. The van der Waals surface area contributed by atoms with Crippen molar-refractivity contribution in [2.45, 2.75) is 6.42 Å². The van der Waals surface area contributed by atoms with Crippen LogP contribution in [0.5, 0.6) is 11.5 Å². The van der Waals surface area contributed by atoms with Gasteiger partial charge in [-0.15, -0.1) is 0 Å². The monoisotopic (exact) mass is 314 g/mol. The molecule has 0 aliphatic rings. The molecule has 0 amide bonds. The Hall–Kier alpha value is -2.02. The average molecular weight is 314 g/mol. The second-order valence-corrected chi connectivity index (χ2v) is 6.67. The normalized spacial score (nSPS) is 11.5. The molecule has 21 heavy (non-hydrogen) atoms. The van der Waals surface area contributed by atoms with E-state index in [-0.39, 0.29) is 12.4 Å². The number of rotatable bonds is 8.